The Morgan fingerprint density at radius 2 is 1.61 bits per heavy atom. The molecule has 3 rings (SSSR count). The van der Waals surface area contributed by atoms with Crippen molar-refractivity contribution in [2.45, 2.75) is 96.4 Å². The first kappa shape index (κ1) is 25.5. The van der Waals surface area contributed by atoms with Gasteiger partial charge in [-0.3, -0.25) is 19.2 Å². The Bertz CT molecular complexity index is 925. The quantitative estimate of drug-likeness (QED) is 0.358. The van der Waals surface area contributed by atoms with Gasteiger partial charge in [0.15, 0.2) is 17.3 Å². The average molecular weight is 467 g/mol. The SMILES string of the molecule is C=C[C@]1(C)O[C@]2(C)[C@@H](OC(C)=O)[C@@H](O)[C@H]3C(C)(C)CC[C@H](OC(C)=O)[C@]3(C)[C@@]2(O)C(=O)C1=O. The molecule has 0 aromatic rings. The lowest BCUT2D eigenvalue weighted by Crippen LogP contribution is -2.88. The lowest BCUT2D eigenvalue weighted by molar-refractivity contribution is -0.363. The van der Waals surface area contributed by atoms with Gasteiger partial charge in [0.2, 0.25) is 11.6 Å². The number of esters is 2. The Morgan fingerprint density at radius 3 is 2.09 bits per heavy atom. The summed E-state index contributed by atoms with van der Waals surface area (Å²) in [7, 11) is 0. The summed E-state index contributed by atoms with van der Waals surface area (Å²) in [4.78, 5) is 51.1. The van der Waals surface area contributed by atoms with Gasteiger partial charge in [0.25, 0.3) is 0 Å². The molecule has 2 N–H and O–H groups in total. The number of carbonyl (C=O) groups excluding carboxylic acids is 4. The van der Waals surface area contributed by atoms with Crippen molar-refractivity contribution in [1.82, 2.24) is 0 Å². The van der Waals surface area contributed by atoms with E-state index in [0.29, 0.717) is 6.42 Å². The van der Waals surface area contributed by atoms with Crippen LogP contribution in [0.25, 0.3) is 0 Å². The van der Waals surface area contributed by atoms with Gasteiger partial charge in [0.1, 0.15) is 11.7 Å². The highest BCUT2D eigenvalue weighted by atomic mass is 16.6. The number of aliphatic hydroxyl groups is 2. The van der Waals surface area contributed by atoms with Crippen LogP contribution in [0.15, 0.2) is 12.7 Å². The second-order valence-electron chi connectivity index (χ2n) is 10.8. The summed E-state index contributed by atoms with van der Waals surface area (Å²) >= 11 is 0. The molecule has 1 saturated heterocycles. The van der Waals surface area contributed by atoms with Crippen LogP contribution in [0.1, 0.15) is 61.3 Å². The molecule has 0 aromatic heterocycles. The van der Waals surface area contributed by atoms with E-state index in [1.165, 1.54) is 27.7 Å². The second kappa shape index (κ2) is 7.45. The lowest BCUT2D eigenvalue weighted by Gasteiger charge is -2.70. The molecule has 2 saturated carbocycles. The fourth-order valence-corrected chi connectivity index (χ4v) is 6.84. The van der Waals surface area contributed by atoms with Gasteiger partial charge in [-0.1, -0.05) is 33.4 Å². The molecule has 9 nitrogen and oxygen atoms in total. The van der Waals surface area contributed by atoms with Crippen LogP contribution in [0.4, 0.5) is 0 Å². The van der Waals surface area contributed by atoms with Crippen LogP contribution >= 0.6 is 0 Å². The minimum Gasteiger partial charge on any atom is -0.462 e. The minimum absolute atomic E-state index is 0.281. The molecule has 9 heteroatoms. The number of rotatable bonds is 3. The Morgan fingerprint density at radius 1 is 1.06 bits per heavy atom. The van der Waals surface area contributed by atoms with Crippen LogP contribution in [0.3, 0.4) is 0 Å². The number of fused-ring (bicyclic) bond motifs is 3. The molecule has 0 amide bonds. The number of ether oxygens (including phenoxy) is 3. The molecule has 2 aliphatic carbocycles. The molecule has 3 fully saturated rings. The van der Waals surface area contributed by atoms with E-state index in [2.05, 4.69) is 6.58 Å². The van der Waals surface area contributed by atoms with E-state index in [1.807, 2.05) is 13.8 Å². The fourth-order valence-electron chi connectivity index (χ4n) is 6.84. The van der Waals surface area contributed by atoms with Gasteiger partial charge in [-0.15, -0.1) is 0 Å². The molecule has 0 radical (unpaired) electrons. The normalized spacial score (nSPS) is 46.6. The first-order valence-electron chi connectivity index (χ1n) is 11.1. The largest absolute Gasteiger partial charge is 0.462 e. The molecular weight excluding hydrogens is 432 g/mol. The average Bonchev–Trinajstić information content (AvgIpc) is 2.69. The third-order valence-corrected chi connectivity index (χ3v) is 8.30. The molecule has 0 bridgehead atoms. The highest BCUT2D eigenvalue weighted by molar-refractivity contribution is 6.44. The number of ketones is 2. The van der Waals surface area contributed by atoms with E-state index in [1.54, 1.807) is 0 Å². The van der Waals surface area contributed by atoms with Crippen LogP contribution in [0.5, 0.6) is 0 Å². The first-order valence-corrected chi connectivity index (χ1v) is 11.1. The van der Waals surface area contributed by atoms with Crippen molar-refractivity contribution in [1.29, 1.82) is 0 Å². The van der Waals surface area contributed by atoms with Gasteiger partial charge in [0, 0.05) is 25.2 Å². The second-order valence-corrected chi connectivity index (χ2v) is 10.8. The number of aliphatic hydroxyl groups excluding tert-OH is 1. The lowest BCUT2D eigenvalue weighted by atomic mass is 9.39. The van der Waals surface area contributed by atoms with Crippen LogP contribution in [0.2, 0.25) is 0 Å². The van der Waals surface area contributed by atoms with Gasteiger partial charge in [-0.2, -0.15) is 0 Å². The maximum absolute atomic E-state index is 13.8. The highest BCUT2D eigenvalue weighted by Gasteiger charge is 2.83. The van der Waals surface area contributed by atoms with E-state index in [4.69, 9.17) is 14.2 Å². The third-order valence-electron chi connectivity index (χ3n) is 8.30. The van der Waals surface area contributed by atoms with E-state index >= 15 is 0 Å². The van der Waals surface area contributed by atoms with Gasteiger partial charge in [-0.05, 0) is 32.1 Å². The molecule has 184 valence electrons. The monoisotopic (exact) mass is 466 g/mol. The Kier molecular flexibility index (Phi) is 5.76. The standard InChI is InChI=1S/C24H34O9/c1-9-21(6)17(28)18(29)24(30)22(7)14(31-12(2)25)10-11-20(4,5)16(22)15(27)19(32-13(3)26)23(24,8)33-21/h9,14-16,19,27,30H,1,10-11H2,2-8H3/t14-,15-,16-,19-,21-,22-,23+,24-/m0/s1. The molecule has 1 heterocycles. The van der Waals surface area contributed by atoms with Crippen molar-refractivity contribution in [3.63, 3.8) is 0 Å². The summed E-state index contributed by atoms with van der Waals surface area (Å²) in [5, 5.41) is 24.0. The van der Waals surface area contributed by atoms with E-state index in [0.717, 1.165) is 13.0 Å². The van der Waals surface area contributed by atoms with Crippen molar-refractivity contribution < 1.29 is 43.6 Å². The number of carbonyl (C=O) groups is 4. The van der Waals surface area contributed by atoms with E-state index in [-0.39, 0.29) is 6.42 Å². The van der Waals surface area contributed by atoms with Crippen LogP contribution < -0.4 is 0 Å². The maximum Gasteiger partial charge on any atom is 0.303 e. The summed E-state index contributed by atoms with van der Waals surface area (Å²) in [6.45, 7) is 13.8. The van der Waals surface area contributed by atoms with E-state index < -0.39 is 75.4 Å². The van der Waals surface area contributed by atoms with Gasteiger partial charge in [-0.25, -0.2) is 0 Å². The maximum atomic E-state index is 13.8. The van der Waals surface area contributed by atoms with Crippen molar-refractivity contribution in [2.24, 2.45) is 16.7 Å². The Balaban J connectivity index is 2.40. The third kappa shape index (κ3) is 3.08. The summed E-state index contributed by atoms with van der Waals surface area (Å²) < 4.78 is 17.2. The molecule has 0 spiro atoms. The fraction of sp³-hybridized carbons (Fsp3) is 0.750. The topological polar surface area (TPSA) is 136 Å². The number of Topliss-reactive ketones (excluding diaryl/α,β-unsaturated/α-hetero) is 2. The molecule has 3 aliphatic rings. The summed E-state index contributed by atoms with van der Waals surface area (Å²) in [6.07, 6.45) is -2.02. The van der Waals surface area contributed by atoms with Crippen molar-refractivity contribution in [2.75, 3.05) is 0 Å². The van der Waals surface area contributed by atoms with Crippen molar-refractivity contribution in [3.8, 4) is 0 Å². The zero-order chi connectivity index (χ0) is 25.4. The van der Waals surface area contributed by atoms with Gasteiger partial charge < -0.3 is 24.4 Å². The Hall–Kier alpha value is -2.10. The summed E-state index contributed by atoms with van der Waals surface area (Å²) in [6, 6.07) is 0. The van der Waals surface area contributed by atoms with E-state index in [9.17, 15) is 29.4 Å². The minimum atomic E-state index is -2.60. The molecular formula is C24H34O9. The summed E-state index contributed by atoms with van der Waals surface area (Å²) in [5.41, 5.74) is -8.84. The number of hydrogen-bond acceptors (Lipinski definition) is 9. The predicted molar refractivity (Wildman–Crippen MR) is 115 cm³/mol. The molecule has 0 unspecified atom stereocenters. The first-order chi connectivity index (χ1) is 14.9. The Labute approximate surface area is 193 Å². The predicted octanol–water partition coefficient (Wildman–Crippen LogP) is 1.27. The zero-order valence-corrected chi connectivity index (χ0v) is 20.3. The van der Waals surface area contributed by atoms with Gasteiger partial charge >= 0.3 is 11.9 Å². The number of hydrogen-bond donors (Lipinski definition) is 2. The summed E-state index contributed by atoms with van der Waals surface area (Å²) in [5.74, 6) is -4.48. The van der Waals surface area contributed by atoms with Crippen LogP contribution in [-0.4, -0.2) is 68.8 Å². The molecule has 1 aliphatic heterocycles. The van der Waals surface area contributed by atoms with Gasteiger partial charge in [0.05, 0.1) is 6.10 Å². The van der Waals surface area contributed by atoms with Crippen LogP contribution in [-0.2, 0) is 33.4 Å². The van der Waals surface area contributed by atoms with Crippen LogP contribution in [0, 0.1) is 16.7 Å². The highest BCUT2D eigenvalue weighted by Crippen LogP contribution is 2.67. The smallest absolute Gasteiger partial charge is 0.303 e. The molecule has 8 atom stereocenters. The molecule has 0 aromatic carbocycles. The molecule has 33 heavy (non-hydrogen) atoms. The van der Waals surface area contributed by atoms with Crippen molar-refractivity contribution in [3.05, 3.63) is 12.7 Å². The van der Waals surface area contributed by atoms with Crippen molar-refractivity contribution >= 4 is 23.5 Å². The zero-order valence-electron chi connectivity index (χ0n) is 20.3.